The van der Waals surface area contributed by atoms with Crippen LogP contribution in [0.1, 0.15) is 16.8 Å². The van der Waals surface area contributed by atoms with Crippen molar-refractivity contribution < 1.29 is 4.79 Å². The maximum absolute atomic E-state index is 11.6. The third-order valence-corrected chi connectivity index (χ3v) is 1.87. The summed E-state index contributed by atoms with van der Waals surface area (Å²) in [4.78, 5) is 15.7. The Morgan fingerprint density at radius 2 is 2.62 bits per heavy atom. The molecule has 0 aliphatic carbocycles. The standard InChI is InChI=1S/C9H8N3O/c13-9(7-5-11-12-6-7)8-3-1-2-4-10-8/h1-2,4-5,8H,3H2,(H,11,12). The van der Waals surface area contributed by atoms with Gasteiger partial charge in [0.25, 0.3) is 0 Å². The van der Waals surface area contributed by atoms with E-state index in [4.69, 9.17) is 0 Å². The maximum Gasteiger partial charge on any atom is 0.191 e. The number of nitrogens with zero attached hydrogens (tertiary/aromatic N) is 2. The SMILES string of the molecule is O=C(c1[c]n[nH]c1)C1CC=CC=N1. The summed E-state index contributed by atoms with van der Waals surface area (Å²) in [7, 11) is 0. The quantitative estimate of drug-likeness (QED) is 0.674. The van der Waals surface area contributed by atoms with Crippen molar-refractivity contribution in [1.29, 1.82) is 0 Å². The lowest BCUT2D eigenvalue weighted by Gasteiger charge is -2.08. The lowest BCUT2D eigenvalue weighted by Crippen LogP contribution is -2.19. The van der Waals surface area contributed by atoms with E-state index in [-0.39, 0.29) is 11.8 Å². The van der Waals surface area contributed by atoms with E-state index in [1.165, 1.54) is 6.20 Å². The van der Waals surface area contributed by atoms with E-state index in [2.05, 4.69) is 21.4 Å². The second-order valence-electron chi connectivity index (χ2n) is 2.75. The fourth-order valence-electron chi connectivity index (χ4n) is 1.18. The second kappa shape index (κ2) is 3.35. The summed E-state index contributed by atoms with van der Waals surface area (Å²) in [6, 6.07) is -0.293. The molecule has 4 heteroatoms. The van der Waals surface area contributed by atoms with Gasteiger partial charge in [0.05, 0.1) is 5.56 Å². The Hall–Kier alpha value is -1.71. The van der Waals surface area contributed by atoms with E-state index >= 15 is 0 Å². The number of H-pyrrole nitrogens is 1. The molecule has 4 nitrogen and oxygen atoms in total. The van der Waals surface area contributed by atoms with Crippen molar-refractivity contribution in [3.63, 3.8) is 0 Å². The van der Waals surface area contributed by atoms with Crippen LogP contribution in [-0.2, 0) is 0 Å². The number of Topliss-reactive ketones (excluding diaryl/α,β-unsaturated/α-hetero) is 1. The molecule has 0 amide bonds. The summed E-state index contributed by atoms with van der Waals surface area (Å²) < 4.78 is 0. The van der Waals surface area contributed by atoms with Gasteiger partial charge < -0.3 is 0 Å². The minimum absolute atomic E-state index is 0.0330. The van der Waals surface area contributed by atoms with E-state index in [1.807, 2.05) is 12.2 Å². The summed E-state index contributed by atoms with van der Waals surface area (Å²) in [5.41, 5.74) is 0.470. The van der Waals surface area contributed by atoms with Crippen molar-refractivity contribution in [2.45, 2.75) is 12.5 Å². The summed E-state index contributed by atoms with van der Waals surface area (Å²) in [5, 5.41) is 6.15. The number of hydrogen-bond acceptors (Lipinski definition) is 3. The van der Waals surface area contributed by atoms with E-state index < -0.39 is 0 Å². The number of allylic oxidation sites excluding steroid dienone is 1. The number of nitrogens with one attached hydrogen (secondary N) is 1. The highest BCUT2D eigenvalue weighted by Gasteiger charge is 2.19. The first-order valence-electron chi connectivity index (χ1n) is 4.02. The normalized spacial score (nSPS) is 20.5. The molecule has 1 unspecified atom stereocenters. The number of rotatable bonds is 2. The highest BCUT2D eigenvalue weighted by atomic mass is 16.1. The Bertz CT molecular complexity index is 351. The topological polar surface area (TPSA) is 58.1 Å². The molecular formula is C9H8N3O. The zero-order chi connectivity index (χ0) is 9.10. The molecular weight excluding hydrogens is 166 g/mol. The van der Waals surface area contributed by atoms with Gasteiger partial charge in [0, 0.05) is 12.4 Å². The number of carbonyl (C=O) groups excluding carboxylic acids is 1. The number of ketones is 1. The van der Waals surface area contributed by atoms with E-state index in [9.17, 15) is 4.79 Å². The molecule has 1 aliphatic heterocycles. The maximum atomic E-state index is 11.6. The van der Waals surface area contributed by atoms with Crippen LogP contribution in [0.25, 0.3) is 0 Å². The monoisotopic (exact) mass is 174 g/mol. The van der Waals surface area contributed by atoms with Gasteiger partial charge in [0.2, 0.25) is 0 Å². The molecule has 1 aromatic rings. The molecule has 2 rings (SSSR count). The van der Waals surface area contributed by atoms with Gasteiger partial charge in [-0.1, -0.05) is 6.08 Å². The first kappa shape index (κ1) is 7.91. The zero-order valence-electron chi connectivity index (χ0n) is 6.90. The van der Waals surface area contributed by atoms with Gasteiger partial charge in [-0.2, -0.15) is 5.10 Å². The fourth-order valence-corrected chi connectivity index (χ4v) is 1.18. The van der Waals surface area contributed by atoms with Crippen molar-refractivity contribution in [2.75, 3.05) is 0 Å². The third kappa shape index (κ3) is 1.56. The van der Waals surface area contributed by atoms with Gasteiger partial charge in [-0.3, -0.25) is 14.9 Å². The van der Waals surface area contributed by atoms with Crippen LogP contribution in [0, 0.1) is 6.20 Å². The Balaban J connectivity index is 2.14. The summed E-state index contributed by atoms with van der Waals surface area (Å²) in [5.74, 6) is -0.0330. The third-order valence-electron chi connectivity index (χ3n) is 1.87. The highest BCUT2D eigenvalue weighted by molar-refractivity contribution is 6.00. The molecule has 1 N–H and O–H groups in total. The second-order valence-corrected chi connectivity index (χ2v) is 2.75. The molecule has 1 aliphatic rings. The van der Waals surface area contributed by atoms with Gasteiger partial charge in [0.15, 0.2) is 5.78 Å². The molecule has 0 spiro atoms. The number of carbonyl (C=O) groups is 1. The minimum atomic E-state index is -0.293. The Morgan fingerprint density at radius 3 is 3.23 bits per heavy atom. The van der Waals surface area contributed by atoms with Crippen LogP contribution in [0.3, 0.4) is 0 Å². The zero-order valence-corrected chi connectivity index (χ0v) is 6.90. The fraction of sp³-hybridized carbons (Fsp3) is 0.222. The van der Waals surface area contributed by atoms with Crippen molar-refractivity contribution in [3.8, 4) is 0 Å². The van der Waals surface area contributed by atoms with Crippen LogP contribution >= 0.6 is 0 Å². The van der Waals surface area contributed by atoms with Crippen LogP contribution in [0.5, 0.6) is 0 Å². The molecule has 13 heavy (non-hydrogen) atoms. The molecule has 65 valence electrons. The number of hydrogen-bond donors (Lipinski definition) is 1. The van der Waals surface area contributed by atoms with Crippen molar-refractivity contribution >= 4 is 12.0 Å². The van der Waals surface area contributed by atoms with Crippen molar-refractivity contribution in [2.24, 2.45) is 4.99 Å². The molecule has 0 aromatic carbocycles. The average Bonchev–Trinajstić information content (AvgIpc) is 2.71. The highest BCUT2D eigenvalue weighted by Crippen LogP contribution is 2.10. The molecule has 2 heterocycles. The molecule has 1 aromatic heterocycles. The van der Waals surface area contributed by atoms with Crippen LogP contribution in [0.2, 0.25) is 0 Å². The number of aliphatic imine (C=N–C) groups is 1. The van der Waals surface area contributed by atoms with E-state index in [1.54, 1.807) is 6.21 Å². The molecule has 0 saturated heterocycles. The van der Waals surface area contributed by atoms with Crippen molar-refractivity contribution in [1.82, 2.24) is 10.2 Å². The summed E-state index contributed by atoms with van der Waals surface area (Å²) >= 11 is 0. The lowest BCUT2D eigenvalue weighted by atomic mass is 10.0. The smallest absolute Gasteiger partial charge is 0.191 e. The average molecular weight is 174 g/mol. The predicted molar refractivity (Wildman–Crippen MR) is 47.8 cm³/mol. The van der Waals surface area contributed by atoms with Gasteiger partial charge in [-0.05, 0) is 12.5 Å². The first-order valence-corrected chi connectivity index (χ1v) is 4.02. The Kier molecular flexibility index (Phi) is 2.04. The minimum Gasteiger partial charge on any atom is -0.292 e. The van der Waals surface area contributed by atoms with Crippen LogP contribution in [0.15, 0.2) is 23.3 Å². The first-order chi connectivity index (χ1) is 6.38. The summed E-state index contributed by atoms with van der Waals surface area (Å²) in [6.07, 6.45) is 10.2. The predicted octanol–water partition coefficient (Wildman–Crippen LogP) is 0.792. The number of aromatic amines is 1. The van der Waals surface area contributed by atoms with E-state index in [0.717, 1.165) is 0 Å². The van der Waals surface area contributed by atoms with Gasteiger partial charge in [0.1, 0.15) is 12.2 Å². The number of dihydropyridines is 1. The summed E-state index contributed by atoms with van der Waals surface area (Å²) in [6.45, 7) is 0. The molecule has 0 saturated carbocycles. The largest absolute Gasteiger partial charge is 0.292 e. The Morgan fingerprint density at radius 1 is 1.69 bits per heavy atom. The van der Waals surface area contributed by atoms with Gasteiger partial charge >= 0.3 is 0 Å². The Labute approximate surface area is 75.4 Å². The van der Waals surface area contributed by atoms with Crippen LogP contribution < -0.4 is 0 Å². The van der Waals surface area contributed by atoms with E-state index in [0.29, 0.717) is 12.0 Å². The van der Waals surface area contributed by atoms with Gasteiger partial charge in [-0.25, -0.2) is 0 Å². The number of aromatic nitrogens is 2. The molecule has 0 fully saturated rings. The van der Waals surface area contributed by atoms with Gasteiger partial charge in [-0.15, -0.1) is 0 Å². The van der Waals surface area contributed by atoms with Crippen molar-refractivity contribution in [3.05, 3.63) is 30.1 Å². The molecule has 1 radical (unpaired) electrons. The molecule has 1 atom stereocenters. The van der Waals surface area contributed by atoms with Crippen LogP contribution in [-0.4, -0.2) is 28.2 Å². The molecule has 0 bridgehead atoms. The van der Waals surface area contributed by atoms with Crippen LogP contribution in [0.4, 0.5) is 0 Å². The lowest BCUT2D eigenvalue weighted by molar-refractivity contribution is 0.0963.